The van der Waals surface area contributed by atoms with Crippen molar-refractivity contribution < 1.29 is 8.42 Å². The molecule has 0 spiro atoms. The summed E-state index contributed by atoms with van der Waals surface area (Å²) >= 11 is 0. The van der Waals surface area contributed by atoms with Crippen LogP contribution in [0.5, 0.6) is 0 Å². The number of sulfonamides is 1. The summed E-state index contributed by atoms with van der Waals surface area (Å²) in [6.07, 6.45) is 1.57. The van der Waals surface area contributed by atoms with Crippen LogP contribution in [0.4, 0.5) is 5.82 Å². The van der Waals surface area contributed by atoms with Gasteiger partial charge in [-0.2, -0.15) is 5.26 Å². The third-order valence-corrected chi connectivity index (χ3v) is 4.45. The number of nitriles is 1. The summed E-state index contributed by atoms with van der Waals surface area (Å²) in [5.41, 5.74) is 1.42. The molecular weight excluding hydrogens is 300 g/mol. The summed E-state index contributed by atoms with van der Waals surface area (Å²) in [4.78, 5) is 4.27. The first-order valence-corrected chi connectivity index (χ1v) is 8.16. The van der Waals surface area contributed by atoms with E-state index in [0.29, 0.717) is 17.9 Å². The van der Waals surface area contributed by atoms with E-state index in [1.807, 2.05) is 13.0 Å². The molecule has 1 aromatic carbocycles. The van der Waals surface area contributed by atoms with E-state index in [0.717, 1.165) is 5.56 Å². The number of rotatable bonds is 6. The van der Waals surface area contributed by atoms with E-state index in [9.17, 15) is 8.42 Å². The number of hydrogen-bond donors (Lipinski definition) is 2. The first-order chi connectivity index (χ1) is 10.5. The predicted octanol–water partition coefficient (Wildman–Crippen LogP) is 1.65. The van der Waals surface area contributed by atoms with E-state index >= 15 is 0 Å². The molecule has 0 saturated heterocycles. The van der Waals surface area contributed by atoms with Gasteiger partial charge in [0, 0.05) is 19.3 Å². The van der Waals surface area contributed by atoms with Gasteiger partial charge in [0.25, 0.3) is 0 Å². The second-order valence-electron chi connectivity index (χ2n) is 4.65. The molecule has 0 aliphatic carbocycles. The Morgan fingerprint density at radius 1 is 1.18 bits per heavy atom. The third kappa shape index (κ3) is 4.04. The summed E-state index contributed by atoms with van der Waals surface area (Å²) < 4.78 is 26.6. The lowest BCUT2D eigenvalue weighted by Crippen LogP contribution is -2.29. The first kappa shape index (κ1) is 15.9. The molecule has 0 amide bonds. The molecule has 0 aliphatic heterocycles. The minimum absolute atomic E-state index is 0.192. The number of pyridine rings is 1. The Hall–Kier alpha value is -2.43. The van der Waals surface area contributed by atoms with Gasteiger partial charge in [-0.3, -0.25) is 0 Å². The van der Waals surface area contributed by atoms with Gasteiger partial charge in [-0.25, -0.2) is 18.1 Å². The van der Waals surface area contributed by atoms with Crippen LogP contribution >= 0.6 is 0 Å². The van der Waals surface area contributed by atoms with E-state index in [-0.39, 0.29) is 11.4 Å². The summed E-state index contributed by atoms with van der Waals surface area (Å²) in [6, 6.07) is 12.0. The van der Waals surface area contributed by atoms with Crippen molar-refractivity contribution in [2.24, 2.45) is 0 Å². The van der Waals surface area contributed by atoms with Crippen LogP contribution in [0.15, 0.2) is 47.5 Å². The van der Waals surface area contributed by atoms with Crippen molar-refractivity contribution in [3.05, 3.63) is 53.7 Å². The average Bonchev–Trinajstić information content (AvgIpc) is 2.52. The highest BCUT2D eigenvalue weighted by Gasteiger charge is 2.12. The Bertz CT molecular complexity index is 780. The molecule has 0 unspecified atom stereocenters. The Morgan fingerprint density at radius 3 is 2.59 bits per heavy atom. The zero-order valence-electron chi connectivity index (χ0n) is 12.1. The number of aryl methyl sites for hydroxylation is 1. The maximum Gasteiger partial charge on any atom is 0.240 e. The Kier molecular flexibility index (Phi) is 5.09. The summed E-state index contributed by atoms with van der Waals surface area (Å²) in [6.45, 7) is 2.42. The fourth-order valence-corrected chi connectivity index (χ4v) is 2.84. The van der Waals surface area contributed by atoms with Gasteiger partial charge in [-0.1, -0.05) is 17.7 Å². The Morgan fingerprint density at radius 2 is 1.91 bits per heavy atom. The van der Waals surface area contributed by atoms with Gasteiger partial charge in [0.05, 0.1) is 10.5 Å². The normalized spacial score (nSPS) is 10.9. The fourth-order valence-electron chi connectivity index (χ4n) is 1.80. The van der Waals surface area contributed by atoms with Crippen LogP contribution in [-0.4, -0.2) is 26.5 Å². The van der Waals surface area contributed by atoms with Gasteiger partial charge in [-0.05, 0) is 31.2 Å². The maximum atomic E-state index is 12.1. The van der Waals surface area contributed by atoms with Crippen LogP contribution in [0, 0.1) is 18.3 Å². The highest BCUT2D eigenvalue weighted by atomic mass is 32.2. The summed E-state index contributed by atoms with van der Waals surface area (Å²) in [5, 5.41) is 11.9. The van der Waals surface area contributed by atoms with Crippen LogP contribution in [0.2, 0.25) is 0 Å². The predicted molar refractivity (Wildman–Crippen MR) is 83.8 cm³/mol. The van der Waals surface area contributed by atoms with Crippen LogP contribution < -0.4 is 10.0 Å². The third-order valence-electron chi connectivity index (χ3n) is 2.97. The smallest absolute Gasteiger partial charge is 0.240 e. The minimum Gasteiger partial charge on any atom is -0.368 e. The molecule has 114 valence electrons. The molecule has 1 aromatic heterocycles. The van der Waals surface area contributed by atoms with Crippen molar-refractivity contribution in [3.63, 3.8) is 0 Å². The number of aromatic nitrogens is 1. The quantitative estimate of drug-likeness (QED) is 0.790. The molecule has 1 heterocycles. The molecular formula is C15H16N4O2S. The monoisotopic (exact) mass is 316 g/mol. The molecule has 0 fully saturated rings. The van der Waals surface area contributed by atoms with Crippen molar-refractivity contribution >= 4 is 15.8 Å². The van der Waals surface area contributed by atoms with Gasteiger partial charge in [-0.15, -0.1) is 0 Å². The van der Waals surface area contributed by atoms with Crippen LogP contribution in [0.1, 0.15) is 11.1 Å². The number of hydrogen-bond acceptors (Lipinski definition) is 5. The molecule has 0 atom stereocenters. The SMILES string of the molecule is Cc1ccc(S(=O)(=O)NCCNc2ncccc2C#N)cc1. The first-order valence-electron chi connectivity index (χ1n) is 6.68. The second kappa shape index (κ2) is 7.02. The largest absolute Gasteiger partial charge is 0.368 e. The van der Waals surface area contributed by atoms with Crippen molar-refractivity contribution in [2.75, 3.05) is 18.4 Å². The molecule has 0 saturated carbocycles. The van der Waals surface area contributed by atoms with E-state index < -0.39 is 10.0 Å². The van der Waals surface area contributed by atoms with Crippen molar-refractivity contribution in [3.8, 4) is 6.07 Å². The van der Waals surface area contributed by atoms with Crippen molar-refractivity contribution in [2.45, 2.75) is 11.8 Å². The second-order valence-corrected chi connectivity index (χ2v) is 6.42. The van der Waals surface area contributed by atoms with E-state index in [1.54, 1.807) is 42.6 Å². The van der Waals surface area contributed by atoms with Gasteiger partial charge in [0.15, 0.2) is 0 Å². The lowest BCUT2D eigenvalue weighted by molar-refractivity contribution is 0.583. The van der Waals surface area contributed by atoms with Gasteiger partial charge in [0.1, 0.15) is 11.9 Å². The summed E-state index contributed by atoms with van der Waals surface area (Å²) in [5.74, 6) is 0.444. The van der Waals surface area contributed by atoms with Gasteiger partial charge < -0.3 is 5.32 Å². The van der Waals surface area contributed by atoms with E-state index in [1.165, 1.54) is 0 Å². The van der Waals surface area contributed by atoms with Gasteiger partial charge >= 0.3 is 0 Å². The molecule has 2 aromatic rings. The Labute approximate surface area is 129 Å². The Balaban J connectivity index is 1.91. The maximum absolute atomic E-state index is 12.1. The standard InChI is InChI=1S/C15H16N4O2S/c1-12-4-6-14(7-5-12)22(20,21)19-10-9-18-15-13(11-16)3-2-8-17-15/h2-8,19H,9-10H2,1H3,(H,17,18). The van der Waals surface area contributed by atoms with Crippen LogP contribution in [-0.2, 0) is 10.0 Å². The molecule has 6 nitrogen and oxygen atoms in total. The van der Waals surface area contributed by atoms with Crippen molar-refractivity contribution in [1.29, 1.82) is 5.26 Å². The topological polar surface area (TPSA) is 94.9 Å². The minimum atomic E-state index is -3.52. The highest BCUT2D eigenvalue weighted by molar-refractivity contribution is 7.89. The molecule has 22 heavy (non-hydrogen) atoms. The lowest BCUT2D eigenvalue weighted by atomic mass is 10.2. The average molecular weight is 316 g/mol. The molecule has 0 radical (unpaired) electrons. The number of nitrogens with one attached hydrogen (secondary N) is 2. The number of benzene rings is 1. The van der Waals surface area contributed by atoms with Gasteiger partial charge in [0.2, 0.25) is 10.0 Å². The molecule has 7 heteroatoms. The lowest BCUT2D eigenvalue weighted by Gasteiger charge is -2.09. The van der Waals surface area contributed by atoms with Crippen LogP contribution in [0.25, 0.3) is 0 Å². The molecule has 2 rings (SSSR count). The molecule has 0 aliphatic rings. The van der Waals surface area contributed by atoms with E-state index in [2.05, 4.69) is 15.0 Å². The summed E-state index contributed by atoms with van der Waals surface area (Å²) in [7, 11) is -3.52. The zero-order chi connectivity index (χ0) is 16.0. The molecule has 0 bridgehead atoms. The fraction of sp³-hybridized carbons (Fsp3) is 0.200. The number of anilines is 1. The van der Waals surface area contributed by atoms with Crippen LogP contribution in [0.3, 0.4) is 0 Å². The van der Waals surface area contributed by atoms with Crippen molar-refractivity contribution in [1.82, 2.24) is 9.71 Å². The zero-order valence-corrected chi connectivity index (χ0v) is 12.9. The van der Waals surface area contributed by atoms with E-state index in [4.69, 9.17) is 5.26 Å². The molecule has 2 N–H and O–H groups in total. The number of nitrogens with zero attached hydrogens (tertiary/aromatic N) is 2. The highest BCUT2D eigenvalue weighted by Crippen LogP contribution is 2.10.